The number of nitrogens with zero attached hydrogens (tertiary/aromatic N) is 6. The van der Waals surface area contributed by atoms with E-state index in [-0.39, 0.29) is 6.10 Å². The average molecular weight is 509 g/mol. The predicted octanol–water partition coefficient (Wildman–Crippen LogP) is 5.03. The first-order valence-corrected chi connectivity index (χ1v) is 13.6. The van der Waals surface area contributed by atoms with E-state index in [2.05, 4.69) is 49.1 Å². The van der Waals surface area contributed by atoms with Crippen LogP contribution in [0.15, 0.2) is 49.1 Å². The van der Waals surface area contributed by atoms with Crippen molar-refractivity contribution in [2.24, 2.45) is 0 Å². The van der Waals surface area contributed by atoms with Crippen molar-refractivity contribution in [2.45, 2.75) is 38.2 Å². The Kier molecular flexibility index (Phi) is 5.92. The molecule has 5 aromatic rings. The van der Waals surface area contributed by atoms with Crippen LogP contribution in [0.25, 0.3) is 44.5 Å². The lowest BCUT2D eigenvalue weighted by Gasteiger charge is -2.33. The molecule has 2 N–H and O–H groups in total. The van der Waals surface area contributed by atoms with Gasteiger partial charge in [0.1, 0.15) is 17.3 Å². The van der Waals surface area contributed by atoms with E-state index in [1.54, 1.807) is 6.20 Å². The van der Waals surface area contributed by atoms with Crippen LogP contribution in [0.2, 0.25) is 0 Å². The van der Waals surface area contributed by atoms with Crippen LogP contribution in [0.3, 0.4) is 0 Å². The Hall–Kier alpha value is -3.98. The number of ether oxygens (including phenoxy) is 1. The molecule has 7 rings (SSSR count). The number of likely N-dealkylation sites (N-methyl/N-ethyl adjacent to an activating group) is 1. The van der Waals surface area contributed by atoms with Crippen molar-refractivity contribution >= 4 is 27.6 Å². The Morgan fingerprint density at radius 1 is 0.895 bits per heavy atom. The third-order valence-electron chi connectivity index (χ3n) is 7.90. The highest BCUT2D eigenvalue weighted by Crippen LogP contribution is 2.34. The number of pyridine rings is 3. The number of rotatable bonds is 5. The number of nitrogens with one attached hydrogen (secondary N) is 2. The highest BCUT2D eigenvalue weighted by atomic mass is 16.5. The summed E-state index contributed by atoms with van der Waals surface area (Å²) in [7, 11) is 2.17. The minimum absolute atomic E-state index is 0.281. The molecule has 0 amide bonds. The van der Waals surface area contributed by atoms with Crippen molar-refractivity contribution in [1.29, 1.82) is 0 Å². The van der Waals surface area contributed by atoms with Gasteiger partial charge in [-0.2, -0.15) is 5.10 Å². The number of H-pyrrole nitrogens is 2. The lowest BCUT2D eigenvalue weighted by molar-refractivity contribution is 0.154. The third kappa shape index (κ3) is 4.36. The lowest BCUT2D eigenvalue weighted by atomic mass is 9.98. The Labute approximate surface area is 221 Å². The summed E-state index contributed by atoms with van der Waals surface area (Å²) in [5.41, 5.74) is 5.56. The summed E-state index contributed by atoms with van der Waals surface area (Å²) in [6, 6.07) is 8.34. The smallest absolute Gasteiger partial charge is 0.138 e. The SMILES string of the molecule is CN1CCN(c2nccc3[nH]c(-c4n[nH]c5cnc(-c6cncc(OC7CCCCC7)c6)cc45)cc23)CC1. The number of aromatic amines is 2. The predicted molar refractivity (Wildman–Crippen MR) is 149 cm³/mol. The van der Waals surface area contributed by atoms with Crippen LogP contribution in [-0.2, 0) is 0 Å². The van der Waals surface area contributed by atoms with Crippen molar-refractivity contribution in [2.75, 3.05) is 38.1 Å². The van der Waals surface area contributed by atoms with E-state index in [0.717, 1.165) is 95.0 Å². The zero-order chi connectivity index (χ0) is 25.5. The summed E-state index contributed by atoms with van der Waals surface area (Å²) in [6.07, 6.45) is 13.7. The maximum Gasteiger partial charge on any atom is 0.138 e. The van der Waals surface area contributed by atoms with Crippen LogP contribution in [-0.4, -0.2) is 74.4 Å². The quantitative estimate of drug-likeness (QED) is 0.344. The molecule has 9 nitrogen and oxygen atoms in total. The van der Waals surface area contributed by atoms with Gasteiger partial charge in [0.15, 0.2) is 0 Å². The number of hydrogen-bond donors (Lipinski definition) is 2. The molecule has 5 aromatic heterocycles. The summed E-state index contributed by atoms with van der Waals surface area (Å²) >= 11 is 0. The van der Waals surface area contributed by atoms with Gasteiger partial charge in [0.25, 0.3) is 0 Å². The molecule has 6 heterocycles. The van der Waals surface area contributed by atoms with Gasteiger partial charge >= 0.3 is 0 Å². The second kappa shape index (κ2) is 9.72. The number of fused-ring (bicyclic) bond motifs is 2. The molecular formula is C29H32N8O. The number of piperazine rings is 1. The topological polar surface area (TPSA) is 98.8 Å². The van der Waals surface area contributed by atoms with Gasteiger partial charge in [0.2, 0.25) is 0 Å². The van der Waals surface area contributed by atoms with Crippen LogP contribution >= 0.6 is 0 Å². The fraction of sp³-hybridized carbons (Fsp3) is 0.379. The fourth-order valence-electron chi connectivity index (χ4n) is 5.72. The van der Waals surface area contributed by atoms with Gasteiger partial charge in [-0.15, -0.1) is 0 Å². The first kappa shape index (κ1) is 23.2. The highest BCUT2D eigenvalue weighted by Gasteiger charge is 2.20. The van der Waals surface area contributed by atoms with E-state index in [4.69, 9.17) is 14.7 Å². The summed E-state index contributed by atoms with van der Waals surface area (Å²) in [4.78, 5) is 22.2. The monoisotopic (exact) mass is 508 g/mol. The van der Waals surface area contributed by atoms with Gasteiger partial charge in [0, 0.05) is 54.9 Å². The van der Waals surface area contributed by atoms with E-state index in [0.29, 0.717) is 0 Å². The van der Waals surface area contributed by atoms with Crippen LogP contribution in [0.1, 0.15) is 32.1 Å². The molecule has 2 fully saturated rings. The normalized spacial score (nSPS) is 17.4. The molecule has 38 heavy (non-hydrogen) atoms. The van der Waals surface area contributed by atoms with E-state index in [9.17, 15) is 0 Å². The summed E-state index contributed by atoms with van der Waals surface area (Å²) < 4.78 is 6.26. The van der Waals surface area contributed by atoms with Gasteiger partial charge in [-0.3, -0.25) is 15.1 Å². The maximum atomic E-state index is 6.26. The molecule has 0 aromatic carbocycles. The molecule has 1 saturated heterocycles. The Morgan fingerprint density at radius 2 is 1.76 bits per heavy atom. The first-order chi connectivity index (χ1) is 18.7. The number of aromatic nitrogens is 6. The Balaban J connectivity index is 1.22. The lowest BCUT2D eigenvalue weighted by Crippen LogP contribution is -2.44. The number of hydrogen-bond acceptors (Lipinski definition) is 7. The van der Waals surface area contributed by atoms with Crippen LogP contribution < -0.4 is 9.64 Å². The van der Waals surface area contributed by atoms with E-state index < -0.39 is 0 Å². The van der Waals surface area contributed by atoms with Crippen molar-refractivity contribution < 1.29 is 4.74 Å². The summed E-state index contributed by atoms with van der Waals surface area (Å²) in [5, 5.41) is 9.95. The van der Waals surface area contributed by atoms with Gasteiger partial charge in [-0.25, -0.2) is 4.98 Å². The molecule has 9 heteroatoms. The maximum absolute atomic E-state index is 6.26. The molecule has 1 saturated carbocycles. The van der Waals surface area contributed by atoms with Crippen molar-refractivity contribution in [3.63, 3.8) is 0 Å². The third-order valence-corrected chi connectivity index (χ3v) is 7.90. The van der Waals surface area contributed by atoms with Gasteiger partial charge < -0.3 is 19.5 Å². The molecule has 0 unspecified atom stereocenters. The Bertz CT molecular complexity index is 1580. The largest absolute Gasteiger partial charge is 0.489 e. The standard InChI is InChI=1S/C29H32N8O/c1-36-9-11-37(12-10-36)29-23-15-26(33-24(23)7-8-31-29)28-22-14-25(32-18-27(22)34-35-28)19-13-21(17-30-16-19)38-20-5-3-2-4-6-20/h7-8,13-18,20,33H,2-6,9-12H2,1H3,(H,34,35). The van der Waals surface area contributed by atoms with E-state index in [1.807, 2.05) is 30.7 Å². The minimum atomic E-state index is 0.281. The molecule has 1 aliphatic heterocycles. The average Bonchev–Trinajstić information content (AvgIpc) is 3.58. The van der Waals surface area contributed by atoms with Crippen molar-refractivity contribution in [3.05, 3.63) is 49.1 Å². The molecule has 0 bridgehead atoms. The second-order valence-corrected chi connectivity index (χ2v) is 10.5. The van der Waals surface area contributed by atoms with E-state index in [1.165, 1.54) is 19.3 Å². The molecular weight excluding hydrogens is 476 g/mol. The van der Waals surface area contributed by atoms with Crippen LogP contribution in [0.5, 0.6) is 5.75 Å². The van der Waals surface area contributed by atoms with Gasteiger partial charge in [0.05, 0.1) is 40.9 Å². The van der Waals surface area contributed by atoms with E-state index >= 15 is 0 Å². The zero-order valence-corrected chi connectivity index (χ0v) is 21.7. The van der Waals surface area contributed by atoms with Crippen molar-refractivity contribution in [3.8, 4) is 28.4 Å². The molecule has 0 radical (unpaired) electrons. The number of anilines is 1. The first-order valence-electron chi connectivity index (χ1n) is 13.6. The van der Waals surface area contributed by atoms with Gasteiger partial charge in [-0.1, -0.05) is 6.42 Å². The molecule has 2 aliphatic rings. The second-order valence-electron chi connectivity index (χ2n) is 10.5. The molecule has 1 aliphatic carbocycles. The molecule has 0 spiro atoms. The summed E-state index contributed by atoms with van der Waals surface area (Å²) in [6.45, 7) is 4.02. The van der Waals surface area contributed by atoms with Crippen molar-refractivity contribution in [1.82, 2.24) is 35.0 Å². The van der Waals surface area contributed by atoms with Crippen LogP contribution in [0.4, 0.5) is 5.82 Å². The molecule has 194 valence electrons. The minimum Gasteiger partial charge on any atom is -0.489 e. The summed E-state index contributed by atoms with van der Waals surface area (Å²) in [5.74, 6) is 1.84. The van der Waals surface area contributed by atoms with Gasteiger partial charge in [-0.05, 0) is 57.0 Å². The Morgan fingerprint density at radius 3 is 2.63 bits per heavy atom. The van der Waals surface area contributed by atoms with Crippen LogP contribution in [0, 0.1) is 0 Å². The fourth-order valence-corrected chi connectivity index (χ4v) is 5.72. The highest BCUT2D eigenvalue weighted by molar-refractivity contribution is 5.99. The molecule has 0 atom stereocenters. The zero-order valence-electron chi connectivity index (χ0n) is 21.7.